The molecular formula is C24H29N3O4S. The summed E-state index contributed by atoms with van der Waals surface area (Å²) in [6.45, 7) is 4.95. The number of hydrogen-bond acceptors (Lipinski definition) is 6. The molecule has 1 saturated heterocycles. The van der Waals surface area contributed by atoms with Gasteiger partial charge in [0, 0.05) is 42.9 Å². The number of nitrogens with zero attached hydrogens (tertiary/aromatic N) is 1. The Hall–Kier alpha value is -2.97. The number of amides is 2. The number of carbonyl (C=O) groups excluding carboxylic acids is 2. The number of methoxy groups -OCH3 is 1. The Kier molecular flexibility index (Phi) is 8.58. The molecule has 7 nitrogen and oxygen atoms in total. The number of primary amides is 1. The maximum Gasteiger partial charge on any atom is 0.255 e. The molecule has 1 aliphatic heterocycles. The Morgan fingerprint density at radius 3 is 2.62 bits per heavy atom. The van der Waals surface area contributed by atoms with Gasteiger partial charge in [0.15, 0.2) is 18.1 Å². The fourth-order valence-electron chi connectivity index (χ4n) is 3.38. The number of anilines is 1. The van der Waals surface area contributed by atoms with E-state index in [4.69, 9.17) is 15.2 Å². The van der Waals surface area contributed by atoms with Crippen LogP contribution in [0.15, 0.2) is 42.5 Å². The first kappa shape index (κ1) is 23.7. The van der Waals surface area contributed by atoms with Crippen LogP contribution >= 0.6 is 11.8 Å². The van der Waals surface area contributed by atoms with Crippen molar-refractivity contribution in [1.82, 2.24) is 4.90 Å². The Balaban J connectivity index is 1.59. The average Bonchev–Trinajstić information content (AvgIpc) is 2.79. The van der Waals surface area contributed by atoms with E-state index in [1.165, 1.54) is 30.3 Å². The molecule has 2 amide bonds. The van der Waals surface area contributed by atoms with E-state index in [9.17, 15) is 9.59 Å². The highest BCUT2D eigenvalue weighted by Crippen LogP contribution is 2.28. The molecule has 3 rings (SSSR count). The third-order valence-electron chi connectivity index (χ3n) is 5.04. The summed E-state index contributed by atoms with van der Waals surface area (Å²) in [7, 11) is 1.50. The highest BCUT2D eigenvalue weighted by Gasteiger charge is 2.12. The monoisotopic (exact) mass is 455 g/mol. The lowest BCUT2D eigenvalue weighted by Crippen LogP contribution is -2.31. The predicted molar refractivity (Wildman–Crippen MR) is 129 cm³/mol. The van der Waals surface area contributed by atoms with Crippen molar-refractivity contribution in [2.24, 2.45) is 5.73 Å². The quantitative estimate of drug-likeness (QED) is 0.565. The van der Waals surface area contributed by atoms with Gasteiger partial charge in [-0.25, -0.2) is 0 Å². The van der Waals surface area contributed by atoms with Crippen LogP contribution in [0.4, 0.5) is 5.69 Å². The van der Waals surface area contributed by atoms with Crippen LogP contribution in [0.5, 0.6) is 11.5 Å². The van der Waals surface area contributed by atoms with E-state index in [1.54, 1.807) is 24.3 Å². The molecule has 1 fully saturated rings. The molecule has 0 saturated carbocycles. The Morgan fingerprint density at radius 1 is 1.16 bits per heavy atom. The Morgan fingerprint density at radius 2 is 1.94 bits per heavy atom. The van der Waals surface area contributed by atoms with Crippen LogP contribution in [0.1, 0.15) is 16.7 Å². The summed E-state index contributed by atoms with van der Waals surface area (Å²) in [4.78, 5) is 25.8. The van der Waals surface area contributed by atoms with Gasteiger partial charge in [0.05, 0.1) is 7.11 Å². The Labute approximate surface area is 192 Å². The number of benzene rings is 2. The number of nitrogens with two attached hydrogens (primary N) is 1. The summed E-state index contributed by atoms with van der Waals surface area (Å²) in [6.07, 6.45) is 3.16. The third-order valence-corrected chi connectivity index (χ3v) is 5.99. The van der Waals surface area contributed by atoms with E-state index in [2.05, 4.69) is 22.3 Å². The number of carbonyl (C=O) groups is 2. The second kappa shape index (κ2) is 11.6. The van der Waals surface area contributed by atoms with Crippen LogP contribution in [0.2, 0.25) is 0 Å². The van der Waals surface area contributed by atoms with Gasteiger partial charge < -0.3 is 20.5 Å². The van der Waals surface area contributed by atoms with Crippen LogP contribution in [0.3, 0.4) is 0 Å². The molecule has 3 N–H and O–H groups in total. The maximum absolute atomic E-state index is 12.4. The third kappa shape index (κ3) is 7.03. The van der Waals surface area contributed by atoms with Gasteiger partial charge in [0.2, 0.25) is 5.91 Å². The molecule has 2 aromatic rings. The molecule has 0 aliphatic carbocycles. The number of aryl methyl sites for hydroxylation is 1. The predicted octanol–water partition coefficient (Wildman–Crippen LogP) is 3.07. The maximum atomic E-state index is 12.4. The van der Waals surface area contributed by atoms with Gasteiger partial charge in [-0.2, -0.15) is 11.8 Å². The van der Waals surface area contributed by atoms with Crippen molar-refractivity contribution in [2.45, 2.75) is 13.5 Å². The molecule has 0 unspecified atom stereocenters. The lowest BCUT2D eigenvalue weighted by Gasteiger charge is -2.26. The molecule has 32 heavy (non-hydrogen) atoms. The molecule has 8 heteroatoms. The first-order chi connectivity index (χ1) is 15.4. The van der Waals surface area contributed by atoms with Gasteiger partial charge in [-0.15, -0.1) is 0 Å². The minimum absolute atomic E-state index is 0.220. The summed E-state index contributed by atoms with van der Waals surface area (Å²) >= 11 is 2.00. The number of nitrogens with one attached hydrogen (secondary N) is 1. The van der Waals surface area contributed by atoms with E-state index >= 15 is 0 Å². The number of rotatable bonds is 9. The SMILES string of the molecule is COc1cc(/C=C/C(=O)Nc2ccc(CN3CCSCC3)cc2C)ccc1OCC(N)=O. The van der Waals surface area contributed by atoms with E-state index in [0.717, 1.165) is 36.4 Å². The highest BCUT2D eigenvalue weighted by atomic mass is 32.2. The smallest absolute Gasteiger partial charge is 0.255 e. The van der Waals surface area contributed by atoms with Crippen molar-refractivity contribution in [1.29, 1.82) is 0 Å². The van der Waals surface area contributed by atoms with Gasteiger partial charge in [0.25, 0.3) is 5.91 Å². The highest BCUT2D eigenvalue weighted by molar-refractivity contribution is 7.99. The topological polar surface area (TPSA) is 93.9 Å². The Bertz CT molecular complexity index is 987. The zero-order valence-electron chi connectivity index (χ0n) is 18.4. The van der Waals surface area contributed by atoms with Gasteiger partial charge in [-0.3, -0.25) is 14.5 Å². The standard InChI is InChI=1S/C24H29N3O4S/c1-17-13-19(15-27-9-11-32-12-10-27)3-6-20(17)26-24(29)8-5-18-4-7-21(22(14-18)30-2)31-16-23(25)28/h3-8,13-14H,9-12,15-16H2,1-2H3,(H2,25,28)(H,26,29)/b8-5+. The average molecular weight is 456 g/mol. The van der Waals surface area contributed by atoms with E-state index in [-0.39, 0.29) is 12.5 Å². The summed E-state index contributed by atoms with van der Waals surface area (Å²) in [5.41, 5.74) is 8.95. The lowest BCUT2D eigenvalue weighted by atomic mass is 10.1. The van der Waals surface area contributed by atoms with Crippen LogP contribution in [-0.2, 0) is 16.1 Å². The normalized spacial score (nSPS) is 14.3. The zero-order valence-corrected chi connectivity index (χ0v) is 19.2. The van der Waals surface area contributed by atoms with Gasteiger partial charge in [-0.1, -0.05) is 18.2 Å². The summed E-state index contributed by atoms with van der Waals surface area (Å²) in [5.74, 6) is 2.45. The molecule has 0 spiro atoms. The molecule has 0 bridgehead atoms. The van der Waals surface area contributed by atoms with Gasteiger partial charge >= 0.3 is 0 Å². The minimum Gasteiger partial charge on any atom is -0.493 e. The fourth-order valence-corrected chi connectivity index (χ4v) is 4.36. The molecule has 0 radical (unpaired) electrons. The summed E-state index contributed by atoms with van der Waals surface area (Å²) in [5, 5.41) is 2.93. The molecule has 2 aromatic carbocycles. The summed E-state index contributed by atoms with van der Waals surface area (Å²) in [6, 6.07) is 11.3. The molecule has 0 atom stereocenters. The number of ether oxygens (including phenoxy) is 2. The van der Waals surface area contributed by atoms with E-state index < -0.39 is 5.91 Å². The molecule has 1 aliphatic rings. The van der Waals surface area contributed by atoms with Gasteiger partial charge in [0.1, 0.15) is 0 Å². The molecule has 1 heterocycles. The number of thioether (sulfide) groups is 1. The second-order valence-corrected chi connectivity index (χ2v) is 8.75. The van der Waals surface area contributed by atoms with Crippen LogP contribution in [-0.4, -0.2) is 55.0 Å². The van der Waals surface area contributed by atoms with Gasteiger partial charge in [-0.05, 0) is 47.9 Å². The van der Waals surface area contributed by atoms with Crippen LogP contribution in [0.25, 0.3) is 6.08 Å². The van der Waals surface area contributed by atoms with Crippen molar-refractivity contribution in [2.75, 3.05) is 43.6 Å². The van der Waals surface area contributed by atoms with Crippen molar-refractivity contribution < 1.29 is 19.1 Å². The first-order valence-corrected chi connectivity index (χ1v) is 11.6. The van der Waals surface area contributed by atoms with Crippen molar-refractivity contribution in [3.05, 3.63) is 59.2 Å². The van der Waals surface area contributed by atoms with Crippen molar-refractivity contribution in [3.63, 3.8) is 0 Å². The zero-order chi connectivity index (χ0) is 22.9. The van der Waals surface area contributed by atoms with Crippen molar-refractivity contribution >= 4 is 35.3 Å². The van der Waals surface area contributed by atoms with Crippen molar-refractivity contribution in [3.8, 4) is 11.5 Å². The van der Waals surface area contributed by atoms with Crippen LogP contribution < -0.4 is 20.5 Å². The lowest BCUT2D eigenvalue weighted by molar-refractivity contribution is -0.120. The number of hydrogen-bond donors (Lipinski definition) is 2. The molecule has 0 aromatic heterocycles. The molecular weight excluding hydrogens is 426 g/mol. The molecule has 170 valence electrons. The van der Waals surface area contributed by atoms with E-state index in [1.807, 2.05) is 24.8 Å². The minimum atomic E-state index is -0.568. The summed E-state index contributed by atoms with van der Waals surface area (Å²) < 4.78 is 10.6. The van der Waals surface area contributed by atoms with E-state index in [0.29, 0.717) is 11.5 Å². The largest absolute Gasteiger partial charge is 0.493 e. The second-order valence-electron chi connectivity index (χ2n) is 7.53. The first-order valence-electron chi connectivity index (χ1n) is 10.4. The fraction of sp³-hybridized carbons (Fsp3) is 0.333. The van der Waals surface area contributed by atoms with Crippen LogP contribution in [0, 0.1) is 6.92 Å².